The first kappa shape index (κ1) is 27.8. The summed E-state index contributed by atoms with van der Waals surface area (Å²) in [7, 11) is 4.50. The minimum Gasteiger partial charge on any atom is -0.314 e. The van der Waals surface area contributed by atoms with Gasteiger partial charge in [-0.2, -0.15) is 0 Å². The summed E-state index contributed by atoms with van der Waals surface area (Å²) >= 11 is 0. The zero-order chi connectivity index (χ0) is 24.4. The Morgan fingerprint density at radius 2 is 1.19 bits per heavy atom. The van der Waals surface area contributed by atoms with E-state index in [2.05, 4.69) is 89.9 Å². The molecule has 0 spiro atoms. The topological polar surface area (TPSA) is 47.6 Å². The predicted molar refractivity (Wildman–Crippen MR) is 137 cm³/mol. The number of hydrogen-bond acceptors (Lipinski definition) is 5. The van der Waals surface area contributed by atoms with E-state index in [0.717, 1.165) is 38.5 Å². The number of carbonyl (C=O) groups excluding carboxylic acids is 1. The van der Waals surface area contributed by atoms with Crippen molar-refractivity contribution in [3.63, 3.8) is 0 Å². The molecule has 2 aliphatic rings. The number of piperidine rings is 2. The van der Waals surface area contributed by atoms with Gasteiger partial charge in [0.2, 0.25) is 0 Å². The largest absolute Gasteiger partial charge is 0.314 e. The summed E-state index contributed by atoms with van der Waals surface area (Å²) in [4.78, 5) is 16.8. The number of rotatable bonds is 10. The molecule has 5 heteroatoms. The Balaban J connectivity index is 1.69. The van der Waals surface area contributed by atoms with Crippen molar-refractivity contribution in [2.24, 2.45) is 0 Å². The van der Waals surface area contributed by atoms with Crippen molar-refractivity contribution in [1.29, 1.82) is 0 Å². The highest BCUT2D eigenvalue weighted by Gasteiger charge is 2.44. The maximum atomic E-state index is 11.8. The summed E-state index contributed by atoms with van der Waals surface area (Å²) in [6.45, 7) is 19.8. The molecule has 32 heavy (non-hydrogen) atoms. The van der Waals surface area contributed by atoms with Crippen molar-refractivity contribution in [2.45, 2.75) is 147 Å². The summed E-state index contributed by atoms with van der Waals surface area (Å²) in [6, 6.07) is 0.986. The van der Waals surface area contributed by atoms with Crippen molar-refractivity contribution in [1.82, 2.24) is 20.4 Å². The lowest BCUT2D eigenvalue weighted by molar-refractivity contribution is -0.110. The lowest BCUT2D eigenvalue weighted by Crippen LogP contribution is -2.63. The maximum absolute atomic E-state index is 11.8. The van der Waals surface area contributed by atoms with Gasteiger partial charge in [0.05, 0.1) is 6.04 Å². The Morgan fingerprint density at radius 1 is 0.750 bits per heavy atom. The first-order valence-corrected chi connectivity index (χ1v) is 13.0. The standard InChI is InChI=1S/C27H54N4O/c1-24(2)16-22(17-25(3,4)30(24)9)28-15-13-11-12-14-21(20-32)29-23-18-26(5,6)31(10)27(7,8)19-23/h20-23,28-29H,11-19H2,1-10H3. The van der Waals surface area contributed by atoms with Gasteiger partial charge in [-0.25, -0.2) is 0 Å². The average Bonchev–Trinajstić information content (AvgIpc) is 2.65. The van der Waals surface area contributed by atoms with Crippen molar-refractivity contribution in [3.8, 4) is 0 Å². The van der Waals surface area contributed by atoms with E-state index in [4.69, 9.17) is 0 Å². The molecular weight excluding hydrogens is 396 g/mol. The van der Waals surface area contributed by atoms with E-state index in [9.17, 15) is 4.79 Å². The molecule has 2 N–H and O–H groups in total. The van der Waals surface area contributed by atoms with Crippen LogP contribution in [0.15, 0.2) is 0 Å². The average molecular weight is 451 g/mol. The highest BCUT2D eigenvalue weighted by Crippen LogP contribution is 2.38. The van der Waals surface area contributed by atoms with Gasteiger partial charge in [0, 0.05) is 34.2 Å². The Labute approximate surface area is 199 Å². The van der Waals surface area contributed by atoms with Crippen molar-refractivity contribution >= 4 is 6.29 Å². The van der Waals surface area contributed by atoms with E-state index in [-0.39, 0.29) is 28.2 Å². The summed E-state index contributed by atoms with van der Waals surface area (Å²) in [5.74, 6) is 0. The molecule has 1 atom stereocenters. The molecule has 0 aromatic rings. The molecule has 2 saturated heterocycles. The normalized spacial score (nSPS) is 27.3. The van der Waals surface area contributed by atoms with Gasteiger partial charge in [-0.15, -0.1) is 0 Å². The van der Waals surface area contributed by atoms with Crippen LogP contribution in [0.25, 0.3) is 0 Å². The van der Waals surface area contributed by atoms with Gasteiger partial charge in [0.15, 0.2) is 0 Å². The van der Waals surface area contributed by atoms with Gasteiger partial charge in [-0.3, -0.25) is 9.80 Å². The lowest BCUT2D eigenvalue weighted by atomic mass is 9.77. The van der Waals surface area contributed by atoms with Crippen molar-refractivity contribution in [2.75, 3.05) is 20.6 Å². The molecule has 2 aliphatic heterocycles. The molecule has 2 rings (SSSR count). The smallest absolute Gasteiger partial charge is 0.136 e. The molecule has 2 fully saturated rings. The molecule has 0 radical (unpaired) electrons. The van der Waals surface area contributed by atoms with E-state index in [1.165, 1.54) is 25.7 Å². The quantitative estimate of drug-likeness (QED) is 0.376. The second-order valence-corrected chi connectivity index (χ2v) is 13.3. The Kier molecular flexibility index (Phi) is 9.03. The molecule has 2 heterocycles. The summed E-state index contributed by atoms with van der Waals surface area (Å²) in [6.07, 6.45) is 10.2. The van der Waals surface area contributed by atoms with E-state index >= 15 is 0 Å². The third kappa shape index (κ3) is 7.01. The van der Waals surface area contributed by atoms with Gasteiger partial charge < -0.3 is 15.4 Å². The number of nitrogens with one attached hydrogen (secondary N) is 2. The first-order valence-electron chi connectivity index (χ1n) is 13.0. The number of carbonyl (C=O) groups is 1. The van der Waals surface area contributed by atoms with Crippen LogP contribution in [0, 0.1) is 0 Å². The minimum absolute atomic E-state index is 0.0153. The molecule has 0 aliphatic carbocycles. The molecule has 1 unspecified atom stereocenters. The summed E-state index contributed by atoms with van der Waals surface area (Å²) in [5.41, 5.74) is 0.768. The van der Waals surface area contributed by atoms with Crippen LogP contribution in [0.1, 0.15) is 107 Å². The monoisotopic (exact) mass is 450 g/mol. The molecule has 0 amide bonds. The van der Waals surface area contributed by atoms with E-state index in [1.807, 2.05) is 0 Å². The number of nitrogens with zero attached hydrogens (tertiary/aromatic N) is 2. The lowest BCUT2D eigenvalue weighted by Gasteiger charge is -2.54. The van der Waals surface area contributed by atoms with Crippen LogP contribution in [0.2, 0.25) is 0 Å². The van der Waals surface area contributed by atoms with Gasteiger partial charge in [0.1, 0.15) is 6.29 Å². The summed E-state index contributed by atoms with van der Waals surface area (Å²) in [5, 5.41) is 7.51. The van der Waals surface area contributed by atoms with Crippen LogP contribution in [0.5, 0.6) is 0 Å². The van der Waals surface area contributed by atoms with Gasteiger partial charge in [-0.1, -0.05) is 12.8 Å². The second-order valence-electron chi connectivity index (χ2n) is 13.3. The number of unbranched alkanes of at least 4 members (excludes halogenated alkanes) is 2. The number of hydrogen-bond donors (Lipinski definition) is 2. The van der Waals surface area contributed by atoms with Crippen molar-refractivity contribution < 1.29 is 4.79 Å². The van der Waals surface area contributed by atoms with E-state index in [1.54, 1.807) is 0 Å². The van der Waals surface area contributed by atoms with E-state index in [0.29, 0.717) is 12.1 Å². The Hall–Kier alpha value is -0.490. The SMILES string of the molecule is CN1C(C)(C)CC(NCCCCCC(C=O)NC2CC(C)(C)N(C)C(C)(C)C2)CC1(C)C. The fourth-order valence-corrected chi connectivity index (χ4v) is 6.47. The van der Waals surface area contributed by atoms with Crippen molar-refractivity contribution in [3.05, 3.63) is 0 Å². The molecule has 0 saturated carbocycles. The summed E-state index contributed by atoms with van der Waals surface area (Å²) < 4.78 is 0. The molecular formula is C27H54N4O. The predicted octanol–water partition coefficient (Wildman–Crippen LogP) is 4.60. The molecule has 5 nitrogen and oxygen atoms in total. The fraction of sp³-hybridized carbons (Fsp3) is 0.963. The van der Waals surface area contributed by atoms with E-state index < -0.39 is 0 Å². The van der Waals surface area contributed by atoms with Gasteiger partial charge >= 0.3 is 0 Å². The highest BCUT2D eigenvalue weighted by molar-refractivity contribution is 5.57. The van der Waals surface area contributed by atoms with Gasteiger partial charge in [0.25, 0.3) is 0 Å². The van der Waals surface area contributed by atoms with Crippen LogP contribution < -0.4 is 10.6 Å². The molecule has 188 valence electrons. The third-order valence-corrected chi connectivity index (χ3v) is 8.85. The third-order valence-electron chi connectivity index (χ3n) is 8.85. The molecule has 0 aromatic carbocycles. The van der Waals surface area contributed by atoms with Gasteiger partial charge in [-0.05, 0) is 115 Å². The zero-order valence-corrected chi connectivity index (χ0v) is 23.0. The second kappa shape index (κ2) is 10.4. The fourth-order valence-electron chi connectivity index (χ4n) is 6.47. The Morgan fingerprint density at radius 3 is 1.62 bits per heavy atom. The first-order chi connectivity index (χ1) is 14.6. The Bertz CT molecular complexity index is 577. The molecule has 0 bridgehead atoms. The van der Waals surface area contributed by atoms with Crippen LogP contribution in [-0.2, 0) is 4.79 Å². The zero-order valence-electron chi connectivity index (χ0n) is 23.0. The van der Waals surface area contributed by atoms with Crippen LogP contribution in [0.4, 0.5) is 0 Å². The number of aldehydes is 1. The minimum atomic E-state index is -0.0153. The molecule has 0 aromatic heterocycles. The van der Waals surface area contributed by atoms with Crippen LogP contribution in [0.3, 0.4) is 0 Å². The highest BCUT2D eigenvalue weighted by atomic mass is 16.1. The number of likely N-dealkylation sites (tertiary alicyclic amines) is 2. The van der Waals surface area contributed by atoms with Crippen LogP contribution in [-0.4, -0.2) is 77.0 Å². The maximum Gasteiger partial charge on any atom is 0.136 e. The van der Waals surface area contributed by atoms with Crippen LogP contribution >= 0.6 is 0 Å².